The van der Waals surface area contributed by atoms with Gasteiger partial charge in [-0.2, -0.15) is 0 Å². The molecule has 2 aliphatic rings. The molecule has 1 aromatic carbocycles. The van der Waals surface area contributed by atoms with Crippen LogP contribution in [0.3, 0.4) is 0 Å². The first-order valence-electron chi connectivity index (χ1n) is 8.38. The lowest BCUT2D eigenvalue weighted by atomic mass is 10.0. The molecule has 0 radical (unpaired) electrons. The van der Waals surface area contributed by atoms with Gasteiger partial charge in [0, 0.05) is 36.5 Å². The molecule has 1 aromatic heterocycles. The number of aryl methyl sites for hydroxylation is 2. The molecule has 5 nitrogen and oxygen atoms in total. The lowest BCUT2D eigenvalue weighted by Gasteiger charge is -2.13. The Balaban J connectivity index is 0.00000169. The number of aliphatic hydroxyl groups excluding tert-OH is 1. The van der Waals surface area contributed by atoms with Crippen LogP contribution in [-0.2, 0) is 24.1 Å². The number of β-amino-alcohol motifs (C(OH)–C–C–N with tert-alkyl or cyclic N) is 1. The van der Waals surface area contributed by atoms with E-state index < -0.39 is 0 Å². The summed E-state index contributed by atoms with van der Waals surface area (Å²) >= 11 is 0. The predicted molar refractivity (Wildman–Crippen MR) is 94.6 cm³/mol. The van der Waals surface area contributed by atoms with Crippen LogP contribution < -0.4 is 10.6 Å². The molecule has 1 saturated heterocycles. The molecule has 4 rings (SSSR count). The third-order valence-electron chi connectivity index (χ3n) is 5.08. The van der Waals surface area contributed by atoms with Crippen molar-refractivity contribution >= 4 is 29.3 Å². The van der Waals surface area contributed by atoms with Gasteiger partial charge in [-0.15, -0.1) is 12.4 Å². The highest BCUT2D eigenvalue weighted by atomic mass is 35.5. The lowest BCUT2D eigenvalue weighted by Crippen LogP contribution is -2.35. The molecule has 2 atom stereocenters. The Morgan fingerprint density at radius 2 is 2.08 bits per heavy atom. The zero-order valence-electron chi connectivity index (χ0n) is 13.5. The van der Waals surface area contributed by atoms with Gasteiger partial charge in [0.15, 0.2) is 0 Å². The highest BCUT2D eigenvalue weighted by Crippen LogP contribution is 2.30. The van der Waals surface area contributed by atoms with Gasteiger partial charge in [-0.1, -0.05) is 0 Å². The molecule has 2 aromatic rings. The zero-order chi connectivity index (χ0) is 15.8. The molecule has 0 spiro atoms. The summed E-state index contributed by atoms with van der Waals surface area (Å²) in [5.74, 6) is 0.0793. The smallest absolute Gasteiger partial charge is 0.224 e. The molecule has 2 unspecified atom stereocenters. The number of fused-ring (bicyclic) bond motifs is 2. The number of hydrogen-bond acceptors (Lipinski definition) is 4. The first kappa shape index (κ1) is 17.3. The number of rotatable bonds is 4. The second-order valence-corrected chi connectivity index (χ2v) is 6.70. The van der Waals surface area contributed by atoms with Crippen LogP contribution in [0.4, 0.5) is 0 Å². The summed E-state index contributed by atoms with van der Waals surface area (Å²) in [7, 11) is 0. The fourth-order valence-electron chi connectivity index (χ4n) is 3.69. The molecule has 1 fully saturated rings. The van der Waals surface area contributed by atoms with E-state index in [0.29, 0.717) is 19.5 Å². The van der Waals surface area contributed by atoms with Crippen LogP contribution in [-0.4, -0.2) is 36.8 Å². The van der Waals surface area contributed by atoms with E-state index in [9.17, 15) is 9.90 Å². The van der Waals surface area contributed by atoms with Crippen molar-refractivity contribution in [3.05, 3.63) is 35.1 Å². The summed E-state index contributed by atoms with van der Waals surface area (Å²) in [5, 5.41) is 16.9. The Bertz CT molecular complexity index is 743. The van der Waals surface area contributed by atoms with E-state index in [-0.39, 0.29) is 30.3 Å². The van der Waals surface area contributed by atoms with Crippen LogP contribution in [0.15, 0.2) is 22.8 Å². The van der Waals surface area contributed by atoms with Crippen LogP contribution in [0.5, 0.6) is 0 Å². The van der Waals surface area contributed by atoms with Crippen LogP contribution in [0.2, 0.25) is 0 Å². The molecule has 0 saturated carbocycles. The van der Waals surface area contributed by atoms with Gasteiger partial charge in [0.2, 0.25) is 5.91 Å². The Hall–Kier alpha value is -1.56. The molecule has 1 aliphatic heterocycles. The molecule has 1 aliphatic carbocycles. The fraction of sp³-hybridized carbons (Fsp3) is 0.500. The van der Waals surface area contributed by atoms with Gasteiger partial charge in [0.25, 0.3) is 0 Å². The topological polar surface area (TPSA) is 74.5 Å². The molecule has 130 valence electrons. The van der Waals surface area contributed by atoms with E-state index in [1.165, 1.54) is 17.5 Å². The Morgan fingerprint density at radius 1 is 1.29 bits per heavy atom. The van der Waals surface area contributed by atoms with E-state index in [2.05, 4.69) is 22.8 Å². The molecular weight excluding hydrogens is 328 g/mol. The summed E-state index contributed by atoms with van der Waals surface area (Å²) < 4.78 is 5.64. The minimum Gasteiger partial charge on any atom is -0.464 e. The van der Waals surface area contributed by atoms with Gasteiger partial charge in [-0.05, 0) is 42.5 Å². The van der Waals surface area contributed by atoms with Crippen molar-refractivity contribution in [3.8, 4) is 0 Å². The van der Waals surface area contributed by atoms with E-state index in [1.54, 1.807) is 6.26 Å². The maximum Gasteiger partial charge on any atom is 0.224 e. The molecule has 3 N–H and O–H groups in total. The monoisotopic (exact) mass is 350 g/mol. The number of benzene rings is 1. The van der Waals surface area contributed by atoms with Crippen LogP contribution >= 0.6 is 12.4 Å². The number of carbonyl (C=O) groups is 1. The third-order valence-corrected chi connectivity index (χ3v) is 5.08. The second-order valence-electron chi connectivity index (χ2n) is 6.70. The number of furan rings is 1. The fourth-order valence-corrected chi connectivity index (χ4v) is 3.69. The number of halogens is 1. The highest BCUT2D eigenvalue weighted by molar-refractivity contribution is 5.88. The lowest BCUT2D eigenvalue weighted by molar-refractivity contribution is -0.120. The number of carbonyl (C=O) groups excluding carboxylic acids is 1. The van der Waals surface area contributed by atoms with E-state index in [4.69, 9.17) is 4.42 Å². The molecular formula is C18H23ClN2O3. The summed E-state index contributed by atoms with van der Waals surface area (Å²) in [4.78, 5) is 12.2. The van der Waals surface area contributed by atoms with Crippen molar-refractivity contribution < 1.29 is 14.3 Å². The number of aliphatic hydroxyl groups is 1. The number of hydrogen-bond donors (Lipinski definition) is 3. The minimum absolute atomic E-state index is 0. The van der Waals surface area contributed by atoms with Crippen LogP contribution in [0.1, 0.15) is 23.1 Å². The Kier molecular flexibility index (Phi) is 5.13. The summed E-state index contributed by atoms with van der Waals surface area (Å²) in [5.41, 5.74) is 4.59. The molecule has 24 heavy (non-hydrogen) atoms. The average Bonchev–Trinajstić information content (AvgIpc) is 3.24. The highest BCUT2D eigenvalue weighted by Gasteiger charge is 2.25. The van der Waals surface area contributed by atoms with E-state index in [0.717, 1.165) is 35.9 Å². The van der Waals surface area contributed by atoms with E-state index in [1.807, 2.05) is 0 Å². The van der Waals surface area contributed by atoms with Gasteiger partial charge >= 0.3 is 0 Å². The molecule has 0 bridgehead atoms. The number of nitrogens with one attached hydrogen (secondary N) is 2. The second kappa shape index (κ2) is 7.13. The van der Waals surface area contributed by atoms with Gasteiger partial charge in [-0.3, -0.25) is 4.79 Å². The first-order chi connectivity index (χ1) is 11.2. The Labute approximate surface area is 147 Å². The van der Waals surface area contributed by atoms with Crippen molar-refractivity contribution in [2.24, 2.45) is 5.92 Å². The van der Waals surface area contributed by atoms with Gasteiger partial charge in [-0.25, -0.2) is 0 Å². The molecule has 2 heterocycles. The third kappa shape index (κ3) is 3.29. The number of amides is 1. The maximum absolute atomic E-state index is 12.2. The van der Waals surface area contributed by atoms with E-state index >= 15 is 0 Å². The van der Waals surface area contributed by atoms with Crippen LogP contribution in [0, 0.1) is 5.92 Å². The largest absolute Gasteiger partial charge is 0.464 e. The summed E-state index contributed by atoms with van der Waals surface area (Å²) in [6, 6.07) is 4.31. The normalized spacial score (nSPS) is 22.4. The van der Waals surface area contributed by atoms with Gasteiger partial charge < -0.3 is 20.2 Å². The summed E-state index contributed by atoms with van der Waals surface area (Å²) in [6.07, 6.45) is 5.10. The van der Waals surface area contributed by atoms with Crippen molar-refractivity contribution in [1.82, 2.24) is 10.6 Å². The van der Waals surface area contributed by atoms with Gasteiger partial charge in [0.05, 0.1) is 18.8 Å². The average molecular weight is 351 g/mol. The predicted octanol–water partition coefficient (Wildman–Crippen LogP) is 1.58. The standard InChI is InChI=1S/C18H22N2O3.ClH/c21-16-9-19-7-14(16)8-20-18(22)6-13-10-23-17-5-12-3-1-2-11(12)4-15(13)17;/h4-5,10,14,16,19,21H,1-3,6-9H2,(H,20,22);1H. The van der Waals surface area contributed by atoms with Crippen molar-refractivity contribution in [2.75, 3.05) is 19.6 Å². The SMILES string of the molecule is Cl.O=C(Cc1coc2cc3c(cc12)CCC3)NCC1CNCC1O. The summed E-state index contributed by atoms with van der Waals surface area (Å²) in [6.45, 7) is 1.87. The maximum atomic E-state index is 12.2. The minimum atomic E-state index is -0.368. The molecule has 1 amide bonds. The van der Waals surface area contributed by atoms with Crippen molar-refractivity contribution in [1.29, 1.82) is 0 Å². The zero-order valence-corrected chi connectivity index (χ0v) is 14.3. The quantitative estimate of drug-likeness (QED) is 0.782. The van der Waals surface area contributed by atoms with Crippen LogP contribution in [0.25, 0.3) is 11.0 Å². The molecule has 6 heteroatoms. The van der Waals surface area contributed by atoms with Crippen molar-refractivity contribution in [2.45, 2.75) is 31.8 Å². The van der Waals surface area contributed by atoms with Gasteiger partial charge in [0.1, 0.15) is 5.58 Å². The van der Waals surface area contributed by atoms with Crippen molar-refractivity contribution in [3.63, 3.8) is 0 Å². The Morgan fingerprint density at radius 3 is 2.83 bits per heavy atom. The first-order valence-corrected chi connectivity index (χ1v) is 8.38.